The number of halogens is 1. The van der Waals surface area contributed by atoms with E-state index in [1.165, 1.54) is 0 Å². The number of H-pyrrole nitrogens is 2. The molecule has 11 heavy (non-hydrogen) atoms. The lowest BCUT2D eigenvalue weighted by Gasteiger charge is -1.95. The number of aliphatic hydroxyl groups is 1. The highest BCUT2D eigenvalue weighted by molar-refractivity contribution is 6.30. The van der Waals surface area contributed by atoms with Crippen LogP contribution in [0, 0.1) is 0 Å². The first-order valence-electron chi connectivity index (χ1n) is 2.77. The van der Waals surface area contributed by atoms with Crippen LogP contribution in [0.5, 0.6) is 0 Å². The molecule has 0 atom stereocenters. The van der Waals surface area contributed by atoms with Crippen molar-refractivity contribution in [3.63, 3.8) is 0 Å². The number of rotatable bonds is 1. The maximum absolute atomic E-state index is 10.7. The molecule has 60 valence electrons. The highest BCUT2D eigenvalue weighted by Gasteiger charge is 2.03. The molecule has 0 saturated carbocycles. The Morgan fingerprint density at radius 3 is 2.55 bits per heavy atom. The quantitative estimate of drug-likeness (QED) is 0.524. The van der Waals surface area contributed by atoms with Crippen molar-refractivity contribution in [1.82, 2.24) is 9.97 Å². The topological polar surface area (TPSA) is 85.9 Å². The molecule has 6 heteroatoms. The number of aliphatic hydroxyl groups excluding tert-OH is 1. The minimum absolute atomic E-state index is 0.0282. The lowest BCUT2D eigenvalue weighted by molar-refractivity contribution is 0.276. The molecular weight excluding hydrogens is 172 g/mol. The van der Waals surface area contributed by atoms with Crippen LogP contribution in [-0.2, 0) is 6.61 Å². The Kier molecular flexibility index (Phi) is 2.11. The SMILES string of the molecule is O=c1[nH]c(CO)c(Cl)c(=O)[nH]1. The summed E-state index contributed by atoms with van der Waals surface area (Å²) in [5.41, 5.74) is -1.34. The summed E-state index contributed by atoms with van der Waals surface area (Å²) in [5, 5.41) is 8.37. The predicted octanol–water partition coefficient (Wildman–Crippen LogP) is -0.791. The van der Waals surface area contributed by atoms with E-state index in [4.69, 9.17) is 16.7 Å². The number of aromatic nitrogens is 2. The molecule has 0 bridgehead atoms. The van der Waals surface area contributed by atoms with Gasteiger partial charge in [-0.1, -0.05) is 11.6 Å². The molecule has 0 spiro atoms. The molecule has 0 aliphatic carbocycles. The van der Waals surface area contributed by atoms with E-state index in [9.17, 15) is 9.59 Å². The highest BCUT2D eigenvalue weighted by Crippen LogP contribution is 2.03. The van der Waals surface area contributed by atoms with Crippen LogP contribution in [0.25, 0.3) is 0 Å². The predicted molar refractivity (Wildman–Crippen MR) is 38.6 cm³/mol. The van der Waals surface area contributed by atoms with E-state index in [-0.39, 0.29) is 10.7 Å². The van der Waals surface area contributed by atoms with Crippen LogP contribution >= 0.6 is 11.6 Å². The summed E-state index contributed by atoms with van der Waals surface area (Å²) in [4.78, 5) is 25.3. The summed E-state index contributed by atoms with van der Waals surface area (Å²) in [6.07, 6.45) is 0. The molecule has 3 N–H and O–H groups in total. The van der Waals surface area contributed by atoms with Crippen LogP contribution in [0.3, 0.4) is 0 Å². The van der Waals surface area contributed by atoms with Gasteiger partial charge in [-0.3, -0.25) is 9.78 Å². The van der Waals surface area contributed by atoms with Gasteiger partial charge in [0.15, 0.2) is 0 Å². The molecule has 0 amide bonds. The first-order chi connectivity index (χ1) is 5.15. The van der Waals surface area contributed by atoms with Crippen molar-refractivity contribution < 1.29 is 5.11 Å². The lowest BCUT2D eigenvalue weighted by atomic mass is 10.4. The molecule has 0 aliphatic heterocycles. The first kappa shape index (κ1) is 8.03. The summed E-state index contributed by atoms with van der Waals surface area (Å²) < 4.78 is 0. The van der Waals surface area contributed by atoms with Gasteiger partial charge in [0.05, 0.1) is 12.3 Å². The third-order valence-electron chi connectivity index (χ3n) is 1.11. The fraction of sp³-hybridized carbons (Fsp3) is 0.200. The zero-order valence-electron chi connectivity index (χ0n) is 5.35. The molecule has 0 fully saturated rings. The van der Waals surface area contributed by atoms with Gasteiger partial charge in [0.1, 0.15) is 5.02 Å². The van der Waals surface area contributed by atoms with Crippen molar-refractivity contribution in [3.8, 4) is 0 Å². The van der Waals surface area contributed by atoms with Crippen molar-refractivity contribution in [1.29, 1.82) is 0 Å². The van der Waals surface area contributed by atoms with Crippen LogP contribution < -0.4 is 11.2 Å². The van der Waals surface area contributed by atoms with Crippen LogP contribution in [0.2, 0.25) is 5.02 Å². The standard InChI is InChI=1S/C5H5ClN2O3/c6-3-2(1-9)7-5(11)8-4(3)10/h9H,1H2,(H2,7,8,10,11). The third-order valence-corrected chi connectivity index (χ3v) is 1.51. The third kappa shape index (κ3) is 1.50. The molecule has 0 unspecified atom stereocenters. The second-order valence-corrected chi connectivity index (χ2v) is 2.24. The average molecular weight is 177 g/mol. The first-order valence-corrected chi connectivity index (χ1v) is 3.14. The monoisotopic (exact) mass is 176 g/mol. The van der Waals surface area contributed by atoms with Crippen LogP contribution in [-0.4, -0.2) is 15.1 Å². The average Bonchev–Trinajstić information content (AvgIpc) is 1.96. The van der Waals surface area contributed by atoms with Crippen molar-refractivity contribution >= 4 is 11.6 Å². The molecule has 1 rings (SSSR count). The van der Waals surface area contributed by atoms with Gasteiger partial charge in [-0.2, -0.15) is 0 Å². The molecule has 0 aromatic carbocycles. The van der Waals surface area contributed by atoms with Crippen LogP contribution in [0.1, 0.15) is 5.69 Å². The summed E-state index contributed by atoms with van der Waals surface area (Å²) in [7, 11) is 0. The van der Waals surface area contributed by atoms with Gasteiger partial charge in [0, 0.05) is 0 Å². The van der Waals surface area contributed by atoms with Crippen molar-refractivity contribution in [2.75, 3.05) is 0 Å². The van der Waals surface area contributed by atoms with Crippen molar-refractivity contribution in [2.45, 2.75) is 6.61 Å². The van der Waals surface area contributed by atoms with Crippen molar-refractivity contribution in [2.24, 2.45) is 0 Å². The zero-order valence-corrected chi connectivity index (χ0v) is 6.10. The highest BCUT2D eigenvalue weighted by atomic mass is 35.5. The Morgan fingerprint density at radius 2 is 2.00 bits per heavy atom. The molecule has 0 saturated heterocycles. The Hall–Kier alpha value is -1.07. The Balaban J connectivity index is 3.49. The van der Waals surface area contributed by atoms with E-state index in [0.29, 0.717) is 0 Å². The molecular formula is C5H5ClN2O3. The lowest BCUT2D eigenvalue weighted by Crippen LogP contribution is -2.24. The summed E-state index contributed by atoms with van der Waals surface area (Å²) in [5.74, 6) is 0. The van der Waals surface area contributed by atoms with E-state index in [2.05, 4.69) is 4.98 Å². The Bertz CT molecular complexity index is 367. The zero-order chi connectivity index (χ0) is 8.43. The van der Waals surface area contributed by atoms with E-state index in [0.717, 1.165) is 0 Å². The molecule has 0 radical (unpaired) electrons. The van der Waals surface area contributed by atoms with Gasteiger partial charge in [-0.05, 0) is 0 Å². The fourth-order valence-corrected chi connectivity index (χ4v) is 0.781. The Labute approximate surface area is 65.7 Å². The maximum Gasteiger partial charge on any atom is 0.326 e. The van der Waals surface area contributed by atoms with E-state index >= 15 is 0 Å². The van der Waals surface area contributed by atoms with Gasteiger partial charge >= 0.3 is 5.69 Å². The van der Waals surface area contributed by atoms with Gasteiger partial charge in [0.25, 0.3) is 5.56 Å². The fourth-order valence-electron chi connectivity index (χ4n) is 0.627. The molecule has 1 aromatic heterocycles. The summed E-state index contributed by atoms with van der Waals surface area (Å²) in [6.45, 7) is -0.460. The van der Waals surface area contributed by atoms with Gasteiger partial charge < -0.3 is 10.1 Å². The van der Waals surface area contributed by atoms with Gasteiger partial charge in [-0.15, -0.1) is 0 Å². The van der Waals surface area contributed by atoms with E-state index in [1.807, 2.05) is 4.98 Å². The minimum Gasteiger partial charge on any atom is -0.390 e. The van der Waals surface area contributed by atoms with E-state index in [1.54, 1.807) is 0 Å². The van der Waals surface area contributed by atoms with E-state index < -0.39 is 17.9 Å². The second kappa shape index (κ2) is 2.89. The second-order valence-electron chi connectivity index (χ2n) is 1.86. The molecule has 1 heterocycles. The molecule has 0 aliphatic rings. The smallest absolute Gasteiger partial charge is 0.326 e. The van der Waals surface area contributed by atoms with Crippen molar-refractivity contribution in [3.05, 3.63) is 31.6 Å². The molecule has 1 aromatic rings. The number of nitrogens with one attached hydrogen (secondary N) is 2. The normalized spacial score (nSPS) is 10.0. The number of aromatic amines is 2. The van der Waals surface area contributed by atoms with Gasteiger partial charge in [0.2, 0.25) is 0 Å². The van der Waals surface area contributed by atoms with Crippen LogP contribution in [0.15, 0.2) is 9.59 Å². The largest absolute Gasteiger partial charge is 0.390 e. The number of hydrogen-bond donors (Lipinski definition) is 3. The molecule has 5 nitrogen and oxygen atoms in total. The summed E-state index contributed by atoms with van der Waals surface area (Å²) >= 11 is 5.39. The van der Waals surface area contributed by atoms with Crippen LogP contribution in [0.4, 0.5) is 0 Å². The van der Waals surface area contributed by atoms with Gasteiger partial charge in [-0.25, -0.2) is 4.79 Å². The minimum atomic E-state index is -0.695. The Morgan fingerprint density at radius 1 is 1.36 bits per heavy atom. The number of hydrogen-bond acceptors (Lipinski definition) is 3. The maximum atomic E-state index is 10.7. The summed E-state index contributed by atoms with van der Waals surface area (Å²) in [6, 6.07) is 0.